The van der Waals surface area contributed by atoms with Gasteiger partial charge in [-0.15, -0.1) is 11.3 Å². The van der Waals surface area contributed by atoms with Gasteiger partial charge in [0, 0.05) is 17.5 Å². The number of aromatic nitrogens is 1. The number of thiophene rings is 1. The van der Waals surface area contributed by atoms with Gasteiger partial charge in [0.25, 0.3) is 5.91 Å². The van der Waals surface area contributed by atoms with E-state index >= 15 is 0 Å². The van der Waals surface area contributed by atoms with Gasteiger partial charge in [0.05, 0.1) is 10.6 Å². The molecule has 2 aromatic rings. The quantitative estimate of drug-likeness (QED) is 0.566. The van der Waals surface area contributed by atoms with Crippen LogP contribution in [-0.2, 0) is 11.3 Å². The topological polar surface area (TPSA) is 87.4 Å². The van der Waals surface area contributed by atoms with Crippen LogP contribution in [0.25, 0.3) is 10.6 Å². The van der Waals surface area contributed by atoms with Gasteiger partial charge in [-0.1, -0.05) is 5.16 Å². The lowest BCUT2D eigenvalue weighted by molar-refractivity contribution is -0.136. The Morgan fingerprint density at radius 2 is 2.22 bits per heavy atom. The number of carbonyl (C=O) groups excluding carboxylic acids is 1. The molecule has 124 valence electrons. The molecule has 3 N–H and O–H groups in total. The SMILES string of the molecule is Cc1ccc(-c2cc(CNC3(C(=O)NO)CCSCC3)no2)s1. The van der Waals surface area contributed by atoms with Crippen LogP contribution in [0, 0.1) is 6.92 Å². The highest BCUT2D eigenvalue weighted by Crippen LogP contribution is 2.30. The van der Waals surface area contributed by atoms with Crippen molar-refractivity contribution in [3.63, 3.8) is 0 Å². The van der Waals surface area contributed by atoms with Crippen molar-refractivity contribution in [3.8, 4) is 10.6 Å². The van der Waals surface area contributed by atoms with Gasteiger partial charge in [0.15, 0.2) is 5.76 Å². The highest BCUT2D eigenvalue weighted by Gasteiger charge is 2.39. The maximum atomic E-state index is 12.1. The van der Waals surface area contributed by atoms with E-state index in [-0.39, 0.29) is 5.91 Å². The third-order valence-electron chi connectivity index (χ3n) is 4.03. The molecule has 8 heteroatoms. The van der Waals surface area contributed by atoms with E-state index in [1.54, 1.807) is 16.8 Å². The first-order valence-electron chi connectivity index (χ1n) is 7.43. The molecule has 0 aliphatic carbocycles. The molecule has 1 aliphatic heterocycles. The molecule has 1 fully saturated rings. The molecule has 1 aliphatic rings. The predicted octanol–water partition coefficient (Wildman–Crippen LogP) is 2.57. The summed E-state index contributed by atoms with van der Waals surface area (Å²) in [6.07, 6.45) is 1.36. The standard InChI is InChI=1S/C15H19N3O3S2/c1-10-2-3-13(23-10)12-8-11(18-21-12)9-16-15(14(19)17-20)4-6-22-7-5-15/h2-3,8,16,20H,4-7,9H2,1H3,(H,17,19). The third kappa shape index (κ3) is 3.60. The lowest BCUT2D eigenvalue weighted by Crippen LogP contribution is -2.58. The molecular weight excluding hydrogens is 334 g/mol. The van der Waals surface area contributed by atoms with Gasteiger partial charge < -0.3 is 4.52 Å². The molecule has 0 radical (unpaired) electrons. The van der Waals surface area contributed by atoms with Crippen molar-refractivity contribution in [1.82, 2.24) is 16.0 Å². The maximum absolute atomic E-state index is 12.1. The fourth-order valence-electron chi connectivity index (χ4n) is 2.65. The maximum Gasteiger partial charge on any atom is 0.263 e. The Hall–Kier alpha value is -1.35. The number of hydrogen-bond donors (Lipinski definition) is 3. The Morgan fingerprint density at radius 3 is 2.87 bits per heavy atom. The van der Waals surface area contributed by atoms with Crippen LogP contribution >= 0.6 is 23.1 Å². The highest BCUT2D eigenvalue weighted by atomic mass is 32.2. The molecule has 3 heterocycles. The summed E-state index contributed by atoms with van der Waals surface area (Å²) in [7, 11) is 0. The zero-order valence-electron chi connectivity index (χ0n) is 12.8. The van der Waals surface area contributed by atoms with Crippen molar-refractivity contribution < 1.29 is 14.5 Å². The van der Waals surface area contributed by atoms with Crippen LogP contribution in [0.3, 0.4) is 0 Å². The lowest BCUT2D eigenvalue weighted by atomic mass is 9.91. The summed E-state index contributed by atoms with van der Waals surface area (Å²) >= 11 is 3.47. The van der Waals surface area contributed by atoms with Crippen LogP contribution in [0.2, 0.25) is 0 Å². The number of thioether (sulfide) groups is 1. The largest absolute Gasteiger partial charge is 0.355 e. The molecule has 23 heavy (non-hydrogen) atoms. The molecule has 0 bridgehead atoms. The summed E-state index contributed by atoms with van der Waals surface area (Å²) in [5, 5.41) is 16.4. The number of carbonyl (C=O) groups is 1. The molecule has 0 unspecified atom stereocenters. The second-order valence-electron chi connectivity index (χ2n) is 5.58. The first-order valence-corrected chi connectivity index (χ1v) is 9.40. The summed E-state index contributed by atoms with van der Waals surface area (Å²) in [6, 6.07) is 5.94. The number of nitrogens with one attached hydrogen (secondary N) is 2. The molecule has 3 rings (SSSR count). The van der Waals surface area contributed by atoms with Gasteiger partial charge in [-0.2, -0.15) is 11.8 Å². The van der Waals surface area contributed by atoms with Crippen LogP contribution < -0.4 is 10.8 Å². The van der Waals surface area contributed by atoms with Crippen molar-refractivity contribution in [1.29, 1.82) is 0 Å². The summed E-state index contributed by atoms with van der Waals surface area (Å²) in [6.45, 7) is 2.47. The van der Waals surface area contributed by atoms with Crippen molar-refractivity contribution in [3.05, 3.63) is 28.8 Å². The average Bonchev–Trinajstić information content (AvgIpc) is 3.22. The molecule has 1 saturated heterocycles. The van der Waals surface area contributed by atoms with Crippen molar-refractivity contribution in [2.45, 2.75) is 31.8 Å². The monoisotopic (exact) mass is 353 g/mol. The molecular formula is C15H19N3O3S2. The Kier molecular flexibility index (Phi) is 5.05. The van der Waals surface area contributed by atoms with E-state index < -0.39 is 5.54 Å². The minimum atomic E-state index is -0.737. The van der Waals surface area contributed by atoms with E-state index in [0.717, 1.165) is 27.8 Å². The number of amides is 1. The molecule has 6 nitrogen and oxygen atoms in total. The summed E-state index contributed by atoms with van der Waals surface area (Å²) in [4.78, 5) is 14.3. The molecule has 0 atom stereocenters. The molecule has 0 spiro atoms. The van der Waals surface area contributed by atoms with Gasteiger partial charge in [-0.25, -0.2) is 5.48 Å². The number of rotatable bonds is 5. The first kappa shape index (κ1) is 16.5. The average molecular weight is 353 g/mol. The van der Waals surface area contributed by atoms with E-state index in [2.05, 4.69) is 10.5 Å². The number of hydrogen-bond acceptors (Lipinski definition) is 7. The minimum absolute atomic E-state index is 0.379. The molecule has 0 saturated carbocycles. The minimum Gasteiger partial charge on any atom is -0.355 e. The van der Waals surface area contributed by atoms with Gasteiger partial charge in [-0.3, -0.25) is 15.3 Å². The van der Waals surface area contributed by atoms with Crippen LogP contribution in [0.1, 0.15) is 23.4 Å². The zero-order valence-corrected chi connectivity index (χ0v) is 14.4. The Labute approximate surface area is 142 Å². The predicted molar refractivity (Wildman–Crippen MR) is 90.6 cm³/mol. The Balaban J connectivity index is 1.69. The van der Waals surface area contributed by atoms with Crippen LogP contribution in [-0.4, -0.2) is 33.3 Å². The highest BCUT2D eigenvalue weighted by molar-refractivity contribution is 7.99. The molecule has 1 amide bonds. The van der Waals surface area contributed by atoms with Crippen molar-refractivity contribution in [2.75, 3.05) is 11.5 Å². The van der Waals surface area contributed by atoms with Gasteiger partial charge in [0.1, 0.15) is 5.54 Å². The Morgan fingerprint density at radius 1 is 1.43 bits per heavy atom. The third-order valence-corrected chi connectivity index (χ3v) is 6.03. The van der Waals surface area contributed by atoms with Crippen molar-refractivity contribution >= 4 is 29.0 Å². The number of nitrogens with zero attached hydrogens (tertiary/aromatic N) is 1. The second-order valence-corrected chi connectivity index (χ2v) is 8.09. The van der Waals surface area contributed by atoms with E-state index in [0.29, 0.717) is 19.4 Å². The fraction of sp³-hybridized carbons (Fsp3) is 0.467. The van der Waals surface area contributed by atoms with E-state index in [1.165, 1.54) is 4.88 Å². The van der Waals surface area contributed by atoms with Crippen molar-refractivity contribution in [2.24, 2.45) is 0 Å². The number of hydroxylamine groups is 1. The van der Waals surface area contributed by atoms with E-state index in [9.17, 15) is 4.79 Å². The number of aryl methyl sites for hydroxylation is 1. The Bertz CT molecular complexity index is 677. The molecule has 2 aromatic heterocycles. The van der Waals surface area contributed by atoms with Crippen LogP contribution in [0.4, 0.5) is 0 Å². The molecule has 0 aromatic carbocycles. The van der Waals surface area contributed by atoms with Gasteiger partial charge in [-0.05, 0) is 43.4 Å². The summed E-state index contributed by atoms with van der Waals surface area (Å²) < 4.78 is 5.39. The summed E-state index contributed by atoms with van der Waals surface area (Å²) in [5.41, 5.74) is 1.80. The van der Waals surface area contributed by atoms with Gasteiger partial charge in [0.2, 0.25) is 0 Å². The fourth-order valence-corrected chi connectivity index (χ4v) is 4.65. The van der Waals surface area contributed by atoms with E-state index in [1.807, 2.05) is 36.9 Å². The van der Waals surface area contributed by atoms with Gasteiger partial charge >= 0.3 is 0 Å². The smallest absolute Gasteiger partial charge is 0.263 e. The second kappa shape index (κ2) is 7.04. The van der Waals surface area contributed by atoms with Crippen LogP contribution in [0.15, 0.2) is 22.7 Å². The first-order chi connectivity index (χ1) is 11.1. The van der Waals surface area contributed by atoms with Crippen LogP contribution in [0.5, 0.6) is 0 Å². The zero-order chi connectivity index (χ0) is 16.3. The van der Waals surface area contributed by atoms with E-state index in [4.69, 9.17) is 9.73 Å². The normalized spacial score (nSPS) is 17.1. The lowest BCUT2D eigenvalue weighted by Gasteiger charge is -2.35. The summed E-state index contributed by atoms with van der Waals surface area (Å²) in [5.74, 6) is 2.13.